The number of nitrogens with zero attached hydrogens (tertiary/aromatic N) is 2. The number of hydrogen-bond donors (Lipinski definition) is 1. The van der Waals surface area contributed by atoms with Gasteiger partial charge in [-0.1, -0.05) is 0 Å². The zero-order valence-electron chi connectivity index (χ0n) is 9.69. The van der Waals surface area contributed by atoms with Gasteiger partial charge in [0.2, 0.25) is 0 Å². The van der Waals surface area contributed by atoms with E-state index in [1.807, 2.05) is 0 Å². The summed E-state index contributed by atoms with van der Waals surface area (Å²) in [7, 11) is 3.25. The first kappa shape index (κ1) is 11.1. The van der Waals surface area contributed by atoms with Crippen LogP contribution in [0.4, 0.5) is 0 Å². The second kappa shape index (κ2) is 4.25. The van der Waals surface area contributed by atoms with Gasteiger partial charge in [-0.15, -0.1) is 0 Å². The van der Waals surface area contributed by atoms with Gasteiger partial charge in [0.1, 0.15) is 0 Å². The van der Waals surface area contributed by atoms with Gasteiger partial charge in [-0.05, 0) is 25.9 Å². The highest BCUT2D eigenvalue weighted by Crippen LogP contribution is 2.22. The molecule has 0 spiro atoms. The molecule has 0 radical (unpaired) electrons. The van der Waals surface area contributed by atoms with E-state index in [0.29, 0.717) is 5.92 Å². The molecule has 1 aliphatic rings. The third-order valence-electron chi connectivity index (χ3n) is 3.32. The molecular formula is C11H17N3O2. The van der Waals surface area contributed by atoms with E-state index in [1.54, 1.807) is 17.7 Å². The summed E-state index contributed by atoms with van der Waals surface area (Å²) in [4.78, 5) is 23.4. The average molecular weight is 223 g/mol. The third kappa shape index (κ3) is 1.82. The van der Waals surface area contributed by atoms with Crippen LogP contribution in [0.1, 0.15) is 24.5 Å². The second-order valence-corrected chi connectivity index (χ2v) is 4.33. The Morgan fingerprint density at radius 3 is 2.44 bits per heavy atom. The highest BCUT2D eigenvalue weighted by Gasteiger charge is 2.19. The van der Waals surface area contributed by atoms with Gasteiger partial charge in [-0.2, -0.15) is 0 Å². The maximum Gasteiger partial charge on any atom is 0.330 e. The molecule has 0 aromatic carbocycles. The SMILES string of the molecule is Cn1c(C2CCNCC2)cc(=O)n(C)c1=O. The Bertz CT molecular complexity index is 495. The molecule has 1 aromatic rings. The van der Waals surface area contributed by atoms with Gasteiger partial charge in [-0.25, -0.2) is 4.79 Å². The quantitative estimate of drug-likeness (QED) is 0.701. The predicted molar refractivity (Wildman–Crippen MR) is 61.8 cm³/mol. The summed E-state index contributed by atoms with van der Waals surface area (Å²) in [5.41, 5.74) is 0.423. The first-order valence-corrected chi connectivity index (χ1v) is 5.59. The first-order valence-electron chi connectivity index (χ1n) is 5.59. The Kier molecular flexibility index (Phi) is 2.96. The van der Waals surface area contributed by atoms with Crippen molar-refractivity contribution in [2.24, 2.45) is 14.1 Å². The van der Waals surface area contributed by atoms with E-state index in [4.69, 9.17) is 0 Å². The Balaban J connectivity index is 2.48. The van der Waals surface area contributed by atoms with Crippen molar-refractivity contribution >= 4 is 0 Å². The zero-order chi connectivity index (χ0) is 11.7. The lowest BCUT2D eigenvalue weighted by molar-refractivity contribution is 0.436. The van der Waals surface area contributed by atoms with Crippen molar-refractivity contribution in [3.8, 4) is 0 Å². The van der Waals surface area contributed by atoms with Gasteiger partial charge in [-0.3, -0.25) is 9.36 Å². The Labute approximate surface area is 93.7 Å². The molecular weight excluding hydrogens is 206 g/mol. The number of piperidine rings is 1. The summed E-state index contributed by atoms with van der Waals surface area (Å²) in [5, 5.41) is 3.27. The molecule has 16 heavy (non-hydrogen) atoms. The van der Waals surface area contributed by atoms with Gasteiger partial charge in [0, 0.05) is 31.8 Å². The van der Waals surface area contributed by atoms with Crippen LogP contribution in [0, 0.1) is 0 Å². The number of nitrogens with one attached hydrogen (secondary N) is 1. The van der Waals surface area contributed by atoms with Gasteiger partial charge in [0.15, 0.2) is 0 Å². The minimum absolute atomic E-state index is 0.211. The van der Waals surface area contributed by atoms with Crippen LogP contribution in [-0.4, -0.2) is 22.2 Å². The van der Waals surface area contributed by atoms with Crippen LogP contribution >= 0.6 is 0 Å². The summed E-state index contributed by atoms with van der Waals surface area (Å²) in [5.74, 6) is 0.327. The molecule has 1 fully saturated rings. The van der Waals surface area contributed by atoms with Crippen molar-refractivity contribution in [3.63, 3.8) is 0 Å². The van der Waals surface area contributed by atoms with Crippen LogP contribution in [-0.2, 0) is 14.1 Å². The van der Waals surface area contributed by atoms with Crippen molar-refractivity contribution in [3.05, 3.63) is 32.6 Å². The van der Waals surface area contributed by atoms with Crippen LogP contribution in [0.25, 0.3) is 0 Å². The van der Waals surface area contributed by atoms with E-state index < -0.39 is 0 Å². The normalized spacial score (nSPS) is 17.6. The summed E-state index contributed by atoms with van der Waals surface area (Å²) in [6, 6.07) is 1.59. The molecule has 5 heteroatoms. The van der Waals surface area contributed by atoms with Gasteiger partial charge < -0.3 is 9.88 Å². The van der Waals surface area contributed by atoms with Crippen molar-refractivity contribution < 1.29 is 0 Å². The van der Waals surface area contributed by atoms with E-state index in [0.717, 1.165) is 36.2 Å². The maximum atomic E-state index is 11.8. The summed E-state index contributed by atoms with van der Waals surface area (Å²) >= 11 is 0. The molecule has 1 aliphatic heterocycles. The average Bonchev–Trinajstić information content (AvgIpc) is 2.32. The van der Waals surface area contributed by atoms with Crippen molar-refractivity contribution in [2.45, 2.75) is 18.8 Å². The third-order valence-corrected chi connectivity index (χ3v) is 3.32. The predicted octanol–water partition coefficient (Wildman–Crippen LogP) is -0.449. The number of hydrogen-bond acceptors (Lipinski definition) is 3. The molecule has 1 N–H and O–H groups in total. The maximum absolute atomic E-state index is 11.8. The lowest BCUT2D eigenvalue weighted by atomic mass is 9.94. The fourth-order valence-corrected chi connectivity index (χ4v) is 2.26. The second-order valence-electron chi connectivity index (χ2n) is 4.33. The molecule has 1 aromatic heterocycles. The molecule has 5 nitrogen and oxygen atoms in total. The summed E-state index contributed by atoms with van der Waals surface area (Å²) in [6.07, 6.45) is 1.97. The lowest BCUT2D eigenvalue weighted by Gasteiger charge is -2.24. The molecule has 88 valence electrons. The smallest absolute Gasteiger partial charge is 0.317 e. The molecule has 0 aliphatic carbocycles. The summed E-state index contributed by atoms with van der Waals surface area (Å²) < 4.78 is 2.74. The fourth-order valence-electron chi connectivity index (χ4n) is 2.26. The van der Waals surface area contributed by atoms with Gasteiger partial charge in [0.05, 0.1) is 0 Å². The van der Waals surface area contributed by atoms with Crippen LogP contribution in [0.2, 0.25) is 0 Å². The zero-order valence-corrected chi connectivity index (χ0v) is 9.69. The van der Waals surface area contributed by atoms with Gasteiger partial charge >= 0.3 is 5.69 Å². The van der Waals surface area contributed by atoms with E-state index in [9.17, 15) is 9.59 Å². The highest BCUT2D eigenvalue weighted by molar-refractivity contribution is 5.10. The molecule has 0 atom stereocenters. The van der Waals surface area contributed by atoms with Crippen LogP contribution in [0.3, 0.4) is 0 Å². The van der Waals surface area contributed by atoms with Crippen molar-refractivity contribution in [1.82, 2.24) is 14.5 Å². The Morgan fingerprint density at radius 1 is 1.19 bits per heavy atom. The van der Waals surface area contributed by atoms with Crippen molar-refractivity contribution in [2.75, 3.05) is 13.1 Å². The number of aromatic nitrogens is 2. The fraction of sp³-hybridized carbons (Fsp3) is 0.636. The van der Waals surface area contributed by atoms with Crippen LogP contribution in [0.5, 0.6) is 0 Å². The Hall–Kier alpha value is -1.36. The lowest BCUT2D eigenvalue weighted by Crippen LogP contribution is -2.39. The Morgan fingerprint density at radius 2 is 1.81 bits per heavy atom. The van der Waals surface area contributed by atoms with E-state index in [1.165, 1.54) is 7.05 Å². The first-order chi connectivity index (χ1) is 7.61. The standard InChI is InChI=1S/C11H17N3O2/c1-13-9(8-3-5-12-6-4-8)7-10(15)14(2)11(13)16/h7-8,12H,3-6H2,1-2H3. The molecule has 2 rings (SSSR count). The monoisotopic (exact) mass is 223 g/mol. The van der Waals surface area contributed by atoms with Crippen LogP contribution in [0.15, 0.2) is 15.7 Å². The molecule has 2 heterocycles. The van der Waals surface area contributed by atoms with Crippen LogP contribution < -0.4 is 16.6 Å². The molecule has 1 saturated heterocycles. The largest absolute Gasteiger partial charge is 0.330 e. The van der Waals surface area contributed by atoms with E-state index in [2.05, 4.69) is 5.32 Å². The van der Waals surface area contributed by atoms with Crippen molar-refractivity contribution in [1.29, 1.82) is 0 Å². The molecule has 0 amide bonds. The molecule has 0 bridgehead atoms. The number of rotatable bonds is 1. The summed E-state index contributed by atoms with van der Waals surface area (Å²) in [6.45, 7) is 1.90. The van der Waals surface area contributed by atoms with Gasteiger partial charge in [0.25, 0.3) is 5.56 Å². The molecule has 0 unspecified atom stereocenters. The van der Waals surface area contributed by atoms with E-state index in [-0.39, 0.29) is 11.2 Å². The molecule has 0 saturated carbocycles. The highest BCUT2D eigenvalue weighted by atomic mass is 16.2. The topological polar surface area (TPSA) is 56.0 Å². The minimum atomic E-state index is -0.235. The minimum Gasteiger partial charge on any atom is -0.317 e. The van der Waals surface area contributed by atoms with E-state index >= 15 is 0 Å².